The quantitative estimate of drug-likeness (QED) is 0.416. The highest BCUT2D eigenvalue weighted by atomic mass is 32.1. The first-order valence-corrected chi connectivity index (χ1v) is 9.67. The molecule has 154 valence electrons. The number of carbonyl (C=O) groups excluding carboxylic acids is 1. The van der Waals surface area contributed by atoms with Gasteiger partial charge in [0.2, 0.25) is 0 Å². The number of hydrogen-bond acceptors (Lipinski definition) is 5. The molecule has 0 unspecified atom stereocenters. The number of aryl methyl sites for hydroxylation is 1. The molecule has 1 amide bonds. The minimum Gasteiger partial charge on any atom is -0.482 e. The third-order valence-electron chi connectivity index (χ3n) is 4.11. The van der Waals surface area contributed by atoms with Crippen LogP contribution in [0.5, 0.6) is 5.75 Å². The van der Waals surface area contributed by atoms with Gasteiger partial charge in [-0.15, -0.1) is 11.3 Å². The lowest BCUT2D eigenvalue weighted by molar-refractivity contribution is -0.153. The average Bonchev–Trinajstić information content (AvgIpc) is 3.34. The molecule has 1 N–H and O–H groups in total. The highest BCUT2D eigenvalue weighted by Gasteiger charge is 2.29. The molecule has 2 aromatic carbocycles. The summed E-state index contributed by atoms with van der Waals surface area (Å²) in [7, 11) is 0. The minimum atomic E-state index is -4.49. The molecule has 0 spiro atoms. The Balaban J connectivity index is 1.53. The fourth-order valence-electron chi connectivity index (χ4n) is 2.75. The minimum absolute atomic E-state index is 0.00611. The van der Waals surface area contributed by atoms with E-state index in [1.54, 1.807) is 19.1 Å². The second-order valence-corrected chi connectivity index (χ2v) is 7.54. The molecular formula is C21H15F3N2O3S. The number of nitrogens with one attached hydrogen (secondary N) is 1. The molecule has 0 fully saturated rings. The van der Waals surface area contributed by atoms with E-state index in [1.165, 1.54) is 29.5 Å². The standard InChI is InChI=1S/C21H15F3N2O3S/c1-12-6-7-13(17(10-12)28-11-21(22,23)24)25-19(27)15-8-9-16(29-15)20-26-14-4-2-3-5-18(14)30-20/h2-10H,11H2,1H3,(H,25,27). The number of rotatable bonds is 5. The highest BCUT2D eigenvalue weighted by molar-refractivity contribution is 7.21. The van der Waals surface area contributed by atoms with E-state index in [1.807, 2.05) is 24.3 Å². The summed E-state index contributed by atoms with van der Waals surface area (Å²) < 4.78 is 49.0. The maximum Gasteiger partial charge on any atom is 0.422 e. The van der Waals surface area contributed by atoms with Gasteiger partial charge in [0, 0.05) is 0 Å². The molecule has 0 bridgehead atoms. The van der Waals surface area contributed by atoms with Crippen LogP contribution in [0.2, 0.25) is 0 Å². The monoisotopic (exact) mass is 432 g/mol. The molecule has 0 aliphatic rings. The van der Waals surface area contributed by atoms with E-state index < -0.39 is 18.7 Å². The molecule has 0 aliphatic heterocycles. The summed E-state index contributed by atoms with van der Waals surface area (Å²) in [6.45, 7) is 0.255. The lowest BCUT2D eigenvalue weighted by atomic mass is 10.2. The number of ether oxygens (including phenoxy) is 1. The van der Waals surface area contributed by atoms with Gasteiger partial charge in [-0.05, 0) is 48.9 Å². The Bertz CT molecular complexity index is 1180. The zero-order chi connectivity index (χ0) is 21.3. The van der Waals surface area contributed by atoms with Gasteiger partial charge in [-0.2, -0.15) is 13.2 Å². The Morgan fingerprint density at radius 2 is 1.97 bits per heavy atom. The van der Waals surface area contributed by atoms with E-state index >= 15 is 0 Å². The van der Waals surface area contributed by atoms with Crippen LogP contribution in [-0.2, 0) is 0 Å². The summed E-state index contributed by atoms with van der Waals surface area (Å²) >= 11 is 1.43. The summed E-state index contributed by atoms with van der Waals surface area (Å²) in [6.07, 6.45) is -4.49. The van der Waals surface area contributed by atoms with Gasteiger partial charge >= 0.3 is 6.18 Å². The van der Waals surface area contributed by atoms with Crippen molar-refractivity contribution in [3.63, 3.8) is 0 Å². The predicted molar refractivity (Wildman–Crippen MR) is 108 cm³/mol. The van der Waals surface area contributed by atoms with Crippen molar-refractivity contribution in [1.29, 1.82) is 0 Å². The number of aromatic nitrogens is 1. The number of nitrogens with zero attached hydrogens (tertiary/aromatic N) is 1. The number of anilines is 1. The van der Waals surface area contributed by atoms with Crippen LogP contribution in [0, 0.1) is 6.92 Å². The molecule has 0 radical (unpaired) electrons. The van der Waals surface area contributed by atoms with Gasteiger partial charge < -0.3 is 14.5 Å². The number of halogens is 3. The van der Waals surface area contributed by atoms with Crippen LogP contribution in [0.25, 0.3) is 21.0 Å². The lowest BCUT2D eigenvalue weighted by Gasteiger charge is -2.14. The number of furan rings is 1. The summed E-state index contributed by atoms with van der Waals surface area (Å²) in [5, 5.41) is 3.16. The maximum absolute atomic E-state index is 12.6. The molecule has 30 heavy (non-hydrogen) atoms. The second kappa shape index (κ2) is 7.83. The largest absolute Gasteiger partial charge is 0.482 e. The van der Waals surface area contributed by atoms with Gasteiger partial charge in [0.05, 0.1) is 15.9 Å². The third-order valence-corrected chi connectivity index (χ3v) is 5.16. The SMILES string of the molecule is Cc1ccc(NC(=O)c2ccc(-c3nc4ccccc4s3)o2)c(OCC(F)(F)F)c1. The normalized spacial score (nSPS) is 11.6. The van der Waals surface area contributed by atoms with Crippen molar-refractivity contribution in [1.82, 2.24) is 4.98 Å². The molecule has 4 rings (SSSR count). The molecule has 0 saturated carbocycles. The first kappa shape index (κ1) is 20.0. The molecule has 5 nitrogen and oxygen atoms in total. The molecule has 4 aromatic rings. The topological polar surface area (TPSA) is 64.4 Å². The number of thiazole rings is 1. The van der Waals surface area contributed by atoms with E-state index in [2.05, 4.69) is 10.3 Å². The number of hydrogen-bond donors (Lipinski definition) is 1. The average molecular weight is 432 g/mol. The van der Waals surface area contributed by atoms with Crippen molar-refractivity contribution in [2.75, 3.05) is 11.9 Å². The van der Waals surface area contributed by atoms with E-state index in [0.717, 1.165) is 10.2 Å². The predicted octanol–water partition coefficient (Wildman–Crippen LogP) is 6.06. The van der Waals surface area contributed by atoms with Crippen LogP contribution in [0.3, 0.4) is 0 Å². The van der Waals surface area contributed by atoms with Crippen molar-refractivity contribution in [2.24, 2.45) is 0 Å². The molecule has 2 aromatic heterocycles. The van der Waals surface area contributed by atoms with Crippen molar-refractivity contribution >= 4 is 33.1 Å². The van der Waals surface area contributed by atoms with Gasteiger partial charge in [0.1, 0.15) is 5.75 Å². The first-order valence-electron chi connectivity index (χ1n) is 8.86. The first-order chi connectivity index (χ1) is 14.3. The van der Waals surface area contributed by atoms with Crippen LogP contribution >= 0.6 is 11.3 Å². The van der Waals surface area contributed by atoms with Crippen molar-refractivity contribution in [3.05, 3.63) is 65.9 Å². The van der Waals surface area contributed by atoms with Crippen molar-refractivity contribution < 1.29 is 27.1 Å². The number of benzene rings is 2. The Hall–Kier alpha value is -3.33. The fraction of sp³-hybridized carbons (Fsp3) is 0.143. The number of carbonyl (C=O) groups is 1. The van der Waals surface area contributed by atoms with Gasteiger partial charge in [0.15, 0.2) is 23.1 Å². The Labute approximate surface area is 173 Å². The van der Waals surface area contributed by atoms with E-state index in [4.69, 9.17) is 9.15 Å². The fourth-order valence-corrected chi connectivity index (χ4v) is 3.68. The number of para-hydroxylation sites is 1. The van der Waals surface area contributed by atoms with Gasteiger partial charge in [0.25, 0.3) is 5.91 Å². The van der Waals surface area contributed by atoms with Gasteiger partial charge in [-0.1, -0.05) is 18.2 Å². The molecule has 0 saturated heterocycles. The van der Waals surface area contributed by atoms with Gasteiger partial charge in [-0.25, -0.2) is 4.98 Å². The number of amides is 1. The Morgan fingerprint density at radius 3 is 2.73 bits per heavy atom. The molecule has 9 heteroatoms. The summed E-state index contributed by atoms with van der Waals surface area (Å²) in [5.41, 5.74) is 1.64. The van der Waals surface area contributed by atoms with E-state index in [-0.39, 0.29) is 17.2 Å². The molecule has 2 heterocycles. The molecule has 0 atom stereocenters. The zero-order valence-corrected chi connectivity index (χ0v) is 16.4. The van der Waals surface area contributed by atoms with E-state index in [9.17, 15) is 18.0 Å². The van der Waals surface area contributed by atoms with Crippen LogP contribution in [0.15, 0.2) is 59.0 Å². The number of alkyl halides is 3. The Morgan fingerprint density at radius 1 is 1.17 bits per heavy atom. The molecule has 0 aliphatic carbocycles. The maximum atomic E-state index is 12.6. The van der Waals surface area contributed by atoms with Crippen LogP contribution in [0.4, 0.5) is 18.9 Å². The third kappa shape index (κ3) is 4.46. The Kier molecular flexibility index (Phi) is 5.21. The summed E-state index contributed by atoms with van der Waals surface area (Å²) in [6, 6.07) is 15.3. The second-order valence-electron chi connectivity index (χ2n) is 6.51. The molecular weight excluding hydrogens is 417 g/mol. The van der Waals surface area contributed by atoms with Crippen LogP contribution in [-0.4, -0.2) is 23.7 Å². The van der Waals surface area contributed by atoms with E-state index in [0.29, 0.717) is 16.3 Å². The van der Waals surface area contributed by atoms with Gasteiger partial charge in [-0.3, -0.25) is 4.79 Å². The summed E-state index contributed by atoms with van der Waals surface area (Å²) in [4.78, 5) is 17.0. The lowest BCUT2D eigenvalue weighted by Crippen LogP contribution is -2.20. The van der Waals surface area contributed by atoms with Crippen LogP contribution < -0.4 is 10.1 Å². The smallest absolute Gasteiger partial charge is 0.422 e. The highest BCUT2D eigenvalue weighted by Crippen LogP contribution is 2.32. The number of fused-ring (bicyclic) bond motifs is 1. The van der Waals surface area contributed by atoms with Crippen molar-refractivity contribution in [2.45, 2.75) is 13.1 Å². The van der Waals surface area contributed by atoms with Crippen molar-refractivity contribution in [3.8, 4) is 16.5 Å². The van der Waals surface area contributed by atoms with Crippen LogP contribution in [0.1, 0.15) is 16.1 Å². The summed E-state index contributed by atoms with van der Waals surface area (Å²) in [5.74, 6) is -0.243. The zero-order valence-electron chi connectivity index (χ0n) is 15.6.